The lowest BCUT2D eigenvalue weighted by Crippen LogP contribution is -2.23. The number of rotatable bonds is 5. The lowest BCUT2D eigenvalue weighted by atomic mass is 10.3. The van der Waals surface area contributed by atoms with Crippen molar-refractivity contribution < 1.29 is 27.1 Å². The summed E-state index contributed by atoms with van der Waals surface area (Å²) < 4.78 is 33.2. The summed E-state index contributed by atoms with van der Waals surface area (Å²) in [6.45, 7) is -0.293. The third kappa shape index (κ3) is 3.03. The van der Waals surface area contributed by atoms with E-state index in [2.05, 4.69) is 9.50 Å². The summed E-state index contributed by atoms with van der Waals surface area (Å²) in [5, 5.41) is 13.1. The normalized spacial score (nSPS) is 18.4. The molecule has 1 saturated heterocycles. The van der Waals surface area contributed by atoms with Gasteiger partial charge in [0.25, 0.3) is 5.69 Å². The third-order valence-corrected chi connectivity index (χ3v) is 3.82. The average Bonchev–Trinajstić information content (AvgIpc) is 2.82. The Bertz CT molecular complexity index is 643. The second-order valence-electron chi connectivity index (χ2n) is 3.87. The summed E-state index contributed by atoms with van der Waals surface area (Å²) in [5.74, 6) is 0. The molecule has 0 radical (unpaired) electrons. The molecule has 1 heterocycles. The van der Waals surface area contributed by atoms with Crippen LogP contribution >= 0.6 is 0 Å². The fourth-order valence-electron chi connectivity index (χ4n) is 1.57. The predicted octanol–water partition coefficient (Wildman–Crippen LogP) is 0.408. The Morgan fingerprint density at radius 1 is 1.45 bits per heavy atom. The van der Waals surface area contributed by atoms with E-state index in [1.54, 1.807) is 0 Å². The van der Waals surface area contributed by atoms with Crippen molar-refractivity contribution >= 4 is 21.9 Å². The number of amides is 1. The molecule has 0 spiro atoms. The molecule has 1 aliphatic heterocycles. The van der Waals surface area contributed by atoms with Crippen molar-refractivity contribution in [3.8, 4) is 0 Å². The van der Waals surface area contributed by atoms with Gasteiger partial charge in [-0.1, -0.05) is 12.1 Å². The van der Waals surface area contributed by atoms with Crippen LogP contribution < -0.4 is 5.32 Å². The van der Waals surface area contributed by atoms with Gasteiger partial charge in [0, 0.05) is 6.07 Å². The lowest BCUT2D eigenvalue weighted by molar-refractivity contribution is -0.387. The summed E-state index contributed by atoms with van der Waals surface area (Å²) >= 11 is 0. The summed E-state index contributed by atoms with van der Waals surface area (Å²) in [6.07, 6.45) is -1.42. The van der Waals surface area contributed by atoms with Gasteiger partial charge in [-0.25, -0.2) is 4.79 Å². The van der Waals surface area contributed by atoms with Gasteiger partial charge in [0.05, 0.1) is 11.5 Å². The van der Waals surface area contributed by atoms with Gasteiger partial charge >= 0.3 is 16.2 Å². The van der Waals surface area contributed by atoms with Crippen LogP contribution in [0.3, 0.4) is 0 Å². The molecule has 10 heteroatoms. The molecule has 1 aromatic carbocycles. The predicted molar refractivity (Wildman–Crippen MR) is 64.5 cm³/mol. The largest absolute Gasteiger partial charge is 0.442 e. The Kier molecular flexibility index (Phi) is 3.86. The standard InChI is InChI=1S/C10H10N2O7S/c13-10-11-5-7(19-10)6-18-20(16,17)9-4-2-1-3-8(9)12(14)15/h1-4,7H,5-6H2,(H,11,13)/t7-/m1/s1. The Hall–Kier alpha value is -2.20. The van der Waals surface area contributed by atoms with Crippen LogP contribution in [0.2, 0.25) is 0 Å². The van der Waals surface area contributed by atoms with Crippen molar-refractivity contribution in [3.63, 3.8) is 0 Å². The first kappa shape index (κ1) is 14.2. The van der Waals surface area contributed by atoms with Crippen LogP contribution in [0.15, 0.2) is 29.2 Å². The molecule has 0 aromatic heterocycles. The number of benzene rings is 1. The topological polar surface area (TPSA) is 125 Å². The molecule has 0 saturated carbocycles. The molecule has 9 nitrogen and oxygen atoms in total. The minimum absolute atomic E-state index is 0.116. The van der Waals surface area contributed by atoms with E-state index in [1.807, 2.05) is 0 Å². The zero-order valence-corrected chi connectivity index (χ0v) is 10.8. The molecule has 108 valence electrons. The molecule has 0 unspecified atom stereocenters. The van der Waals surface area contributed by atoms with Crippen molar-refractivity contribution in [2.24, 2.45) is 0 Å². The van der Waals surface area contributed by atoms with E-state index in [0.29, 0.717) is 0 Å². The highest BCUT2D eigenvalue weighted by Crippen LogP contribution is 2.24. The Morgan fingerprint density at radius 2 is 2.15 bits per heavy atom. The Labute approximate surface area is 113 Å². The minimum atomic E-state index is -4.30. The van der Waals surface area contributed by atoms with Crippen LogP contribution in [0.5, 0.6) is 0 Å². The van der Waals surface area contributed by atoms with Gasteiger partial charge in [0.1, 0.15) is 12.7 Å². The zero-order chi connectivity index (χ0) is 14.8. The Balaban J connectivity index is 2.14. The lowest BCUT2D eigenvalue weighted by Gasteiger charge is -2.09. The minimum Gasteiger partial charge on any atom is -0.442 e. The van der Waals surface area contributed by atoms with Crippen LogP contribution in [0, 0.1) is 10.1 Å². The van der Waals surface area contributed by atoms with E-state index in [1.165, 1.54) is 12.1 Å². The van der Waals surface area contributed by atoms with E-state index in [-0.39, 0.29) is 6.54 Å². The molecule has 1 atom stereocenters. The molecule has 1 aliphatic rings. The van der Waals surface area contributed by atoms with Crippen LogP contribution in [0.4, 0.5) is 10.5 Å². The number of ether oxygens (including phenoxy) is 1. The molecule has 0 bridgehead atoms. The second-order valence-corrected chi connectivity index (χ2v) is 5.46. The zero-order valence-electron chi connectivity index (χ0n) is 10.0. The molecule has 20 heavy (non-hydrogen) atoms. The van der Waals surface area contributed by atoms with Gasteiger partial charge in [0.2, 0.25) is 0 Å². The number of hydrogen-bond acceptors (Lipinski definition) is 7. The number of nitro groups is 1. The summed E-state index contributed by atoms with van der Waals surface area (Å²) in [6, 6.07) is 4.83. The van der Waals surface area contributed by atoms with Gasteiger partial charge < -0.3 is 10.1 Å². The summed E-state index contributed by atoms with van der Waals surface area (Å²) in [4.78, 5) is 20.2. The maximum atomic E-state index is 11.9. The first-order valence-corrected chi connectivity index (χ1v) is 6.88. The first-order chi connectivity index (χ1) is 9.40. The van der Waals surface area contributed by atoms with Crippen LogP contribution in [0.1, 0.15) is 0 Å². The van der Waals surface area contributed by atoms with E-state index < -0.39 is 44.4 Å². The first-order valence-electron chi connectivity index (χ1n) is 5.47. The van der Waals surface area contributed by atoms with E-state index in [4.69, 9.17) is 4.74 Å². The number of hydrogen-bond donors (Lipinski definition) is 1. The molecule has 1 amide bonds. The highest BCUT2D eigenvalue weighted by atomic mass is 32.2. The smallest absolute Gasteiger partial charge is 0.407 e. The number of cyclic esters (lactones) is 1. The monoisotopic (exact) mass is 302 g/mol. The van der Waals surface area contributed by atoms with Crippen molar-refractivity contribution in [3.05, 3.63) is 34.4 Å². The van der Waals surface area contributed by atoms with Crippen molar-refractivity contribution in [1.29, 1.82) is 0 Å². The quantitative estimate of drug-likeness (QED) is 0.474. The number of carbonyl (C=O) groups is 1. The van der Waals surface area contributed by atoms with Gasteiger partial charge in [0.15, 0.2) is 4.90 Å². The number of carbonyl (C=O) groups excluding carboxylic acids is 1. The highest BCUT2D eigenvalue weighted by molar-refractivity contribution is 7.87. The van der Waals surface area contributed by atoms with Crippen LogP contribution in [-0.4, -0.2) is 38.7 Å². The SMILES string of the molecule is O=C1NC[C@H](COS(=O)(=O)c2ccccc2[N+](=O)[O-])O1. The summed E-state index contributed by atoms with van der Waals surface area (Å²) in [7, 11) is -4.30. The van der Waals surface area contributed by atoms with Crippen LogP contribution in [0.25, 0.3) is 0 Å². The third-order valence-electron chi connectivity index (χ3n) is 2.49. The van der Waals surface area contributed by atoms with Gasteiger partial charge in [-0.05, 0) is 6.07 Å². The maximum Gasteiger partial charge on any atom is 0.407 e. The number of alkyl carbamates (subject to hydrolysis) is 1. The molecule has 2 rings (SSSR count). The molecule has 1 N–H and O–H groups in total. The number of nitrogens with zero attached hydrogens (tertiary/aromatic N) is 1. The van der Waals surface area contributed by atoms with Gasteiger partial charge in [-0.3, -0.25) is 14.3 Å². The van der Waals surface area contributed by atoms with Gasteiger partial charge in [-0.15, -0.1) is 0 Å². The Morgan fingerprint density at radius 3 is 2.75 bits per heavy atom. The summed E-state index contributed by atoms with van der Waals surface area (Å²) in [5.41, 5.74) is -0.575. The maximum absolute atomic E-state index is 11.9. The van der Waals surface area contributed by atoms with Gasteiger partial charge in [-0.2, -0.15) is 8.42 Å². The fraction of sp³-hybridized carbons (Fsp3) is 0.300. The number of para-hydroxylation sites is 1. The molecule has 1 fully saturated rings. The van der Waals surface area contributed by atoms with Crippen molar-refractivity contribution in [1.82, 2.24) is 5.32 Å². The average molecular weight is 302 g/mol. The van der Waals surface area contributed by atoms with E-state index >= 15 is 0 Å². The second kappa shape index (κ2) is 5.43. The molecule has 0 aliphatic carbocycles. The number of nitro benzene ring substituents is 1. The fourth-order valence-corrected chi connectivity index (χ4v) is 2.68. The van der Waals surface area contributed by atoms with Crippen LogP contribution in [-0.2, 0) is 19.0 Å². The van der Waals surface area contributed by atoms with Crippen molar-refractivity contribution in [2.75, 3.05) is 13.2 Å². The highest BCUT2D eigenvalue weighted by Gasteiger charge is 2.29. The molecular weight excluding hydrogens is 292 g/mol. The van der Waals surface area contributed by atoms with Crippen molar-refractivity contribution in [2.45, 2.75) is 11.0 Å². The molecule has 1 aromatic rings. The van der Waals surface area contributed by atoms with E-state index in [0.717, 1.165) is 12.1 Å². The molecular formula is C10H10N2O7S. The number of nitrogens with one attached hydrogen (secondary N) is 1. The van der Waals surface area contributed by atoms with E-state index in [9.17, 15) is 23.3 Å².